The zero-order valence-corrected chi connectivity index (χ0v) is 15.3. The number of benzene rings is 1. The Morgan fingerprint density at radius 1 is 1.19 bits per heavy atom. The van der Waals surface area contributed by atoms with Gasteiger partial charge in [-0.3, -0.25) is 9.59 Å². The van der Waals surface area contributed by atoms with E-state index in [9.17, 15) is 9.59 Å². The van der Waals surface area contributed by atoms with Crippen molar-refractivity contribution in [1.82, 2.24) is 4.90 Å². The van der Waals surface area contributed by atoms with Crippen molar-refractivity contribution in [3.05, 3.63) is 34.9 Å². The van der Waals surface area contributed by atoms with Gasteiger partial charge in [-0.2, -0.15) is 0 Å². The second kappa shape index (κ2) is 6.04. The van der Waals surface area contributed by atoms with Crippen molar-refractivity contribution in [2.75, 3.05) is 27.9 Å². The standard InChI is InChI=1S/C20H23NO5/c1-24-15-8-12-9-17(22)21-11-13-6-4-5-7-20(13,19(23)26-3)18(21)14(12)10-16(15)25-2/h6,8,10,18H,4-5,7,9,11H2,1-3H3/t18-,20-/m0/s1. The van der Waals surface area contributed by atoms with Gasteiger partial charge in [-0.1, -0.05) is 6.08 Å². The van der Waals surface area contributed by atoms with Crippen LogP contribution < -0.4 is 9.47 Å². The van der Waals surface area contributed by atoms with Gasteiger partial charge in [0.1, 0.15) is 5.41 Å². The average Bonchev–Trinajstić information content (AvgIpc) is 3.03. The van der Waals surface area contributed by atoms with E-state index in [0.717, 1.165) is 29.5 Å². The number of hydrogen-bond acceptors (Lipinski definition) is 5. The van der Waals surface area contributed by atoms with Crippen LogP contribution in [0.25, 0.3) is 0 Å². The largest absolute Gasteiger partial charge is 0.493 e. The Morgan fingerprint density at radius 3 is 2.62 bits per heavy atom. The zero-order valence-electron chi connectivity index (χ0n) is 15.3. The molecule has 1 aromatic carbocycles. The molecule has 0 radical (unpaired) electrons. The van der Waals surface area contributed by atoms with Crippen LogP contribution in [0.1, 0.15) is 36.4 Å². The fraction of sp³-hybridized carbons (Fsp3) is 0.500. The molecule has 138 valence electrons. The Labute approximate surface area is 152 Å². The van der Waals surface area contributed by atoms with E-state index >= 15 is 0 Å². The maximum atomic E-state index is 13.0. The van der Waals surface area contributed by atoms with E-state index in [-0.39, 0.29) is 17.9 Å². The topological polar surface area (TPSA) is 65.1 Å². The van der Waals surface area contributed by atoms with Crippen LogP contribution in [0.2, 0.25) is 0 Å². The summed E-state index contributed by atoms with van der Waals surface area (Å²) in [6.07, 6.45) is 4.94. The molecule has 26 heavy (non-hydrogen) atoms. The summed E-state index contributed by atoms with van der Waals surface area (Å²) in [6.45, 7) is 0.492. The molecule has 1 fully saturated rings. The molecule has 1 aromatic rings. The Bertz CT molecular complexity index is 815. The summed E-state index contributed by atoms with van der Waals surface area (Å²) in [6, 6.07) is 3.43. The van der Waals surface area contributed by atoms with Crippen molar-refractivity contribution in [2.24, 2.45) is 5.41 Å². The van der Waals surface area contributed by atoms with Gasteiger partial charge in [0, 0.05) is 6.54 Å². The number of nitrogens with zero attached hydrogens (tertiary/aromatic N) is 1. The van der Waals surface area contributed by atoms with E-state index < -0.39 is 5.41 Å². The molecule has 0 spiro atoms. The van der Waals surface area contributed by atoms with Crippen LogP contribution in [0.3, 0.4) is 0 Å². The summed E-state index contributed by atoms with van der Waals surface area (Å²) in [4.78, 5) is 27.7. The number of ether oxygens (including phenoxy) is 3. The van der Waals surface area contributed by atoms with E-state index in [1.165, 1.54) is 7.11 Å². The van der Waals surface area contributed by atoms with Gasteiger partial charge >= 0.3 is 5.97 Å². The Morgan fingerprint density at radius 2 is 1.92 bits per heavy atom. The molecule has 3 aliphatic rings. The Hall–Kier alpha value is -2.50. The van der Waals surface area contributed by atoms with E-state index in [2.05, 4.69) is 6.08 Å². The van der Waals surface area contributed by atoms with E-state index in [1.807, 2.05) is 17.0 Å². The first-order valence-electron chi connectivity index (χ1n) is 8.89. The lowest BCUT2D eigenvalue weighted by molar-refractivity contribution is -0.154. The van der Waals surface area contributed by atoms with Crippen LogP contribution in [0.4, 0.5) is 0 Å². The fourth-order valence-corrected chi connectivity index (χ4v) is 4.86. The van der Waals surface area contributed by atoms with Gasteiger partial charge in [-0.05, 0) is 48.1 Å². The van der Waals surface area contributed by atoms with Crippen LogP contribution in [-0.4, -0.2) is 44.7 Å². The molecule has 0 aromatic heterocycles. The van der Waals surface area contributed by atoms with Crippen molar-refractivity contribution in [1.29, 1.82) is 0 Å². The van der Waals surface area contributed by atoms with Gasteiger partial charge in [0.2, 0.25) is 5.91 Å². The summed E-state index contributed by atoms with van der Waals surface area (Å²) < 4.78 is 16.1. The van der Waals surface area contributed by atoms with Gasteiger partial charge in [-0.15, -0.1) is 0 Å². The highest BCUT2D eigenvalue weighted by Crippen LogP contribution is 2.58. The average molecular weight is 357 g/mol. The SMILES string of the molecule is COC(=O)[C@@]12CCCC=C1CN1C(=O)Cc3cc(OC)c(OC)cc3[C@H]12. The smallest absolute Gasteiger partial charge is 0.318 e. The molecule has 2 atom stereocenters. The molecule has 6 nitrogen and oxygen atoms in total. The van der Waals surface area contributed by atoms with Gasteiger partial charge < -0.3 is 19.1 Å². The molecule has 0 bridgehead atoms. The first kappa shape index (κ1) is 16.9. The molecule has 1 amide bonds. The van der Waals surface area contributed by atoms with Crippen molar-refractivity contribution in [2.45, 2.75) is 31.7 Å². The molecule has 6 heteroatoms. The normalized spacial score (nSPS) is 26.4. The monoisotopic (exact) mass is 357 g/mol. The highest BCUT2D eigenvalue weighted by atomic mass is 16.5. The number of fused-ring (bicyclic) bond motifs is 5. The first-order valence-corrected chi connectivity index (χ1v) is 8.89. The minimum atomic E-state index is -0.794. The molecular weight excluding hydrogens is 334 g/mol. The number of amides is 1. The highest BCUT2D eigenvalue weighted by molar-refractivity contribution is 5.90. The van der Waals surface area contributed by atoms with Gasteiger partial charge in [0.25, 0.3) is 0 Å². The number of methoxy groups -OCH3 is 3. The third kappa shape index (κ3) is 2.11. The highest BCUT2D eigenvalue weighted by Gasteiger charge is 2.60. The lowest BCUT2D eigenvalue weighted by Gasteiger charge is -2.41. The predicted octanol–water partition coefficient (Wildman–Crippen LogP) is 2.41. The first-order chi connectivity index (χ1) is 12.6. The van der Waals surface area contributed by atoms with Crippen molar-refractivity contribution in [3.63, 3.8) is 0 Å². The van der Waals surface area contributed by atoms with Gasteiger partial charge in [-0.25, -0.2) is 0 Å². The number of esters is 1. The third-order valence-electron chi connectivity index (χ3n) is 6.01. The van der Waals surface area contributed by atoms with Gasteiger partial charge in [0.15, 0.2) is 11.5 Å². The summed E-state index contributed by atoms with van der Waals surface area (Å²) in [5, 5.41) is 0. The van der Waals surface area contributed by atoms with E-state index in [0.29, 0.717) is 30.9 Å². The lowest BCUT2D eigenvalue weighted by Crippen LogP contribution is -2.45. The predicted molar refractivity (Wildman–Crippen MR) is 94.1 cm³/mol. The van der Waals surface area contributed by atoms with Crippen molar-refractivity contribution < 1.29 is 23.8 Å². The molecular formula is C20H23NO5. The number of carbonyl (C=O) groups is 2. The maximum Gasteiger partial charge on any atom is 0.318 e. The van der Waals surface area contributed by atoms with Gasteiger partial charge in [0.05, 0.1) is 33.8 Å². The minimum Gasteiger partial charge on any atom is -0.493 e. The number of hydrogen-bond donors (Lipinski definition) is 0. The Balaban J connectivity index is 1.95. The molecule has 0 saturated carbocycles. The zero-order chi connectivity index (χ0) is 18.5. The van der Waals surface area contributed by atoms with Crippen LogP contribution >= 0.6 is 0 Å². The maximum absolute atomic E-state index is 13.0. The van der Waals surface area contributed by atoms with Crippen LogP contribution in [-0.2, 0) is 20.7 Å². The van der Waals surface area contributed by atoms with E-state index in [1.54, 1.807) is 14.2 Å². The quantitative estimate of drug-likeness (QED) is 0.614. The number of carbonyl (C=O) groups excluding carboxylic acids is 2. The fourth-order valence-electron chi connectivity index (χ4n) is 4.86. The molecule has 0 N–H and O–H groups in total. The molecule has 1 aliphatic carbocycles. The third-order valence-corrected chi connectivity index (χ3v) is 6.01. The summed E-state index contributed by atoms with van der Waals surface area (Å²) in [7, 11) is 4.59. The summed E-state index contributed by atoms with van der Waals surface area (Å²) in [5.74, 6) is 0.977. The van der Waals surface area contributed by atoms with Crippen LogP contribution in [0, 0.1) is 5.41 Å². The van der Waals surface area contributed by atoms with Crippen molar-refractivity contribution in [3.8, 4) is 11.5 Å². The second-order valence-corrected chi connectivity index (χ2v) is 7.09. The number of rotatable bonds is 3. The summed E-state index contributed by atoms with van der Waals surface area (Å²) >= 11 is 0. The summed E-state index contributed by atoms with van der Waals surface area (Å²) in [5.41, 5.74) is 2.07. The molecule has 0 unspecified atom stereocenters. The van der Waals surface area contributed by atoms with Crippen LogP contribution in [0.15, 0.2) is 23.8 Å². The van der Waals surface area contributed by atoms with Crippen LogP contribution in [0.5, 0.6) is 11.5 Å². The Kier molecular flexibility index (Phi) is 3.93. The molecule has 2 aliphatic heterocycles. The lowest BCUT2D eigenvalue weighted by atomic mass is 9.67. The van der Waals surface area contributed by atoms with E-state index in [4.69, 9.17) is 14.2 Å². The minimum absolute atomic E-state index is 0.0355. The second-order valence-electron chi connectivity index (χ2n) is 7.09. The number of allylic oxidation sites excluding steroid dienone is 1. The molecule has 4 rings (SSSR count). The van der Waals surface area contributed by atoms with Crippen molar-refractivity contribution >= 4 is 11.9 Å². The molecule has 2 heterocycles. The molecule has 1 saturated heterocycles.